The molecule has 0 N–H and O–H groups in total. The first-order valence-corrected chi connectivity index (χ1v) is 7.40. The molecule has 0 fully saturated rings. The van der Waals surface area contributed by atoms with Gasteiger partial charge in [-0.2, -0.15) is 5.26 Å². The van der Waals surface area contributed by atoms with Crippen LogP contribution in [0.4, 0.5) is 0 Å². The summed E-state index contributed by atoms with van der Waals surface area (Å²) < 4.78 is 7.81. The first kappa shape index (κ1) is 14.2. The smallest absolute Gasteiger partial charge is 0.119 e. The Hall–Kier alpha value is -2.80. The highest BCUT2D eigenvalue weighted by Gasteiger charge is 2.00. The maximum absolute atomic E-state index is 8.75. The summed E-state index contributed by atoms with van der Waals surface area (Å²) in [5.74, 6) is 0.815. The van der Waals surface area contributed by atoms with Gasteiger partial charge in [-0.05, 0) is 55.7 Å². The van der Waals surface area contributed by atoms with Crippen LogP contribution in [0.5, 0.6) is 5.75 Å². The van der Waals surface area contributed by atoms with Gasteiger partial charge in [0.1, 0.15) is 5.75 Å². The summed E-state index contributed by atoms with van der Waals surface area (Å²) in [6.07, 6.45) is 6.79. The second-order valence-corrected chi connectivity index (χ2v) is 5.15. The van der Waals surface area contributed by atoms with E-state index in [1.807, 2.05) is 24.7 Å². The molecule has 1 aromatic carbocycles. The summed E-state index contributed by atoms with van der Waals surface area (Å²) in [5.41, 5.74) is 3.06. The number of aryl methyl sites for hydroxylation is 1. The van der Waals surface area contributed by atoms with Crippen LogP contribution in [0.25, 0.3) is 5.52 Å². The highest BCUT2D eigenvalue weighted by molar-refractivity contribution is 5.45. The van der Waals surface area contributed by atoms with Crippen LogP contribution in [0.15, 0.2) is 55.0 Å². The van der Waals surface area contributed by atoms with E-state index in [4.69, 9.17) is 10.00 Å². The first-order valence-electron chi connectivity index (χ1n) is 7.40. The van der Waals surface area contributed by atoms with Gasteiger partial charge >= 0.3 is 0 Å². The van der Waals surface area contributed by atoms with Gasteiger partial charge in [-0.1, -0.05) is 6.07 Å². The predicted molar refractivity (Wildman–Crippen MR) is 84.8 cm³/mol. The molecule has 22 heavy (non-hydrogen) atoms. The number of hydrogen-bond donors (Lipinski definition) is 0. The molecule has 4 nitrogen and oxygen atoms in total. The van der Waals surface area contributed by atoms with E-state index < -0.39 is 0 Å². The van der Waals surface area contributed by atoms with Crippen molar-refractivity contribution in [2.45, 2.75) is 19.3 Å². The number of unbranched alkanes of at least 4 members (excludes halogenated alkanes) is 1. The van der Waals surface area contributed by atoms with Crippen LogP contribution >= 0.6 is 0 Å². The van der Waals surface area contributed by atoms with Gasteiger partial charge in [-0.3, -0.25) is 0 Å². The van der Waals surface area contributed by atoms with Crippen LogP contribution in [0.1, 0.15) is 24.1 Å². The quantitative estimate of drug-likeness (QED) is 0.652. The number of hydrogen-bond acceptors (Lipinski definition) is 3. The molecule has 0 saturated heterocycles. The summed E-state index contributed by atoms with van der Waals surface area (Å²) in [6.45, 7) is 0.686. The molecule has 0 atom stereocenters. The first-order chi connectivity index (χ1) is 10.9. The lowest BCUT2D eigenvalue weighted by Crippen LogP contribution is -2.00. The molecule has 2 heterocycles. The van der Waals surface area contributed by atoms with Crippen molar-refractivity contribution in [3.05, 3.63) is 66.2 Å². The lowest BCUT2D eigenvalue weighted by molar-refractivity contribution is 0.306. The van der Waals surface area contributed by atoms with Crippen molar-refractivity contribution in [2.24, 2.45) is 0 Å². The molecule has 3 aromatic rings. The fraction of sp³-hybridized carbons (Fsp3) is 0.222. The van der Waals surface area contributed by atoms with Crippen molar-refractivity contribution in [3.63, 3.8) is 0 Å². The molecule has 0 amide bonds. The fourth-order valence-corrected chi connectivity index (χ4v) is 2.43. The van der Waals surface area contributed by atoms with Gasteiger partial charge in [-0.15, -0.1) is 0 Å². The summed E-state index contributed by atoms with van der Waals surface area (Å²) in [6, 6.07) is 15.6. The Balaban J connectivity index is 1.45. The lowest BCUT2D eigenvalue weighted by Gasteiger charge is -2.07. The number of fused-ring (bicyclic) bond motifs is 1. The number of benzene rings is 1. The van der Waals surface area contributed by atoms with E-state index in [0.717, 1.165) is 30.5 Å². The number of pyridine rings is 1. The van der Waals surface area contributed by atoms with Crippen molar-refractivity contribution in [1.29, 1.82) is 5.26 Å². The SMILES string of the molecule is N#Cc1ccc(OCCCCc2cccc3cncn23)cc1. The Morgan fingerprint density at radius 1 is 1.09 bits per heavy atom. The fourth-order valence-electron chi connectivity index (χ4n) is 2.43. The van der Waals surface area contributed by atoms with Crippen molar-refractivity contribution in [1.82, 2.24) is 9.38 Å². The van der Waals surface area contributed by atoms with Crippen molar-refractivity contribution >= 4 is 5.52 Å². The number of nitrogens with zero attached hydrogens (tertiary/aromatic N) is 3. The van der Waals surface area contributed by atoms with Crippen LogP contribution in [-0.4, -0.2) is 16.0 Å². The molecule has 0 unspecified atom stereocenters. The van der Waals surface area contributed by atoms with Gasteiger partial charge in [0.25, 0.3) is 0 Å². The molecule has 4 heteroatoms. The van der Waals surface area contributed by atoms with Gasteiger partial charge in [0.15, 0.2) is 0 Å². The minimum atomic E-state index is 0.653. The van der Waals surface area contributed by atoms with Crippen LogP contribution in [0.3, 0.4) is 0 Å². The van der Waals surface area contributed by atoms with Crippen molar-refractivity contribution < 1.29 is 4.74 Å². The maximum atomic E-state index is 8.75. The summed E-state index contributed by atoms with van der Waals surface area (Å²) in [5, 5.41) is 8.75. The van der Waals surface area contributed by atoms with Crippen LogP contribution in [0.2, 0.25) is 0 Å². The third-order valence-electron chi connectivity index (χ3n) is 3.61. The van der Waals surface area contributed by atoms with E-state index >= 15 is 0 Å². The van der Waals surface area contributed by atoms with Crippen LogP contribution in [0, 0.1) is 11.3 Å². The van der Waals surface area contributed by atoms with E-state index in [1.165, 1.54) is 5.69 Å². The highest BCUT2D eigenvalue weighted by atomic mass is 16.5. The van der Waals surface area contributed by atoms with E-state index in [9.17, 15) is 0 Å². The zero-order valence-corrected chi connectivity index (χ0v) is 12.3. The molecular formula is C18H17N3O. The number of aromatic nitrogens is 2. The normalized spacial score (nSPS) is 10.5. The monoisotopic (exact) mass is 291 g/mol. The highest BCUT2D eigenvalue weighted by Crippen LogP contribution is 2.13. The summed E-state index contributed by atoms with van der Waals surface area (Å²) in [7, 11) is 0. The van der Waals surface area contributed by atoms with E-state index in [0.29, 0.717) is 12.2 Å². The lowest BCUT2D eigenvalue weighted by atomic mass is 10.2. The topological polar surface area (TPSA) is 50.3 Å². The average molecular weight is 291 g/mol. The van der Waals surface area contributed by atoms with Gasteiger partial charge in [0, 0.05) is 5.69 Å². The Bertz CT molecular complexity index is 784. The summed E-state index contributed by atoms with van der Waals surface area (Å²) in [4.78, 5) is 4.18. The van der Waals surface area contributed by atoms with E-state index in [-0.39, 0.29) is 0 Å². The minimum absolute atomic E-state index is 0.653. The van der Waals surface area contributed by atoms with Gasteiger partial charge in [0.05, 0.1) is 36.3 Å². The molecule has 0 spiro atoms. The molecular weight excluding hydrogens is 274 g/mol. The second kappa shape index (κ2) is 6.77. The van der Waals surface area contributed by atoms with E-state index in [1.54, 1.807) is 12.1 Å². The zero-order valence-electron chi connectivity index (χ0n) is 12.3. The Kier molecular flexibility index (Phi) is 4.35. The molecule has 0 bridgehead atoms. The molecule has 0 aliphatic rings. The van der Waals surface area contributed by atoms with E-state index in [2.05, 4.69) is 33.7 Å². The van der Waals surface area contributed by atoms with Crippen molar-refractivity contribution in [3.8, 4) is 11.8 Å². The molecule has 0 aliphatic heterocycles. The number of rotatable bonds is 6. The van der Waals surface area contributed by atoms with Crippen LogP contribution in [-0.2, 0) is 6.42 Å². The third-order valence-corrected chi connectivity index (χ3v) is 3.61. The van der Waals surface area contributed by atoms with Gasteiger partial charge < -0.3 is 9.14 Å². The predicted octanol–water partition coefficient (Wildman–Crippen LogP) is 3.61. The Morgan fingerprint density at radius 3 is 2.77 bits per heavy atom. The van der Waals surface area contributed by atoms with Gasteiger partial charge in [-0.25, -0.2) is 4.98 Å². The number of ether oxygens (including phenoxy) is 1. The molecule has 0 aliphatic carbocycles. The largest absolute Gasteiger partial charge is 0.494 e. The molecule has 3 rings (SSSR count). The summed E-state index contributed by atoms with van der Waals surface area (Å²) >= 11 is 0. The maximum Gasteiger partial charge on any atom is 0.119 e. The zero-order chi connectivity index (χ0) is 15.2. The Morgan fingerprint density at radius 2 is 1.95 bits per heavy atom. The molecule has 2 aromatic heterocycles. The number of nitriles is 1. The molecule has 0 saturated carbocycles. The average Bonchev–Trinajstić information content (AvgIpc) is 3.04. The molecule has 0 radical (unpaired) electrons. The standard InChI is InChI=1S/C18H17N3O/c19-12-15-7-9-18(10-8-15)22-11-2-1-4-16-5-3-6-17-13-20-14-21(16)17/h3,5-10,13-14H,1-2,4,11H2. The minimum Gasteiger partial charge on any atom is -0.494 e. The van der Waals surface area contributed by atoms with Crippen molar-refractivity contribution in [2.75, 3.05) is 6.61 Å². The third kappa shape index (κ3) is 3.26. The number of imidazole rings is 1. The van der Waals surface area contributed by atoms with Crippen LogP contribution < -0.4 is 4.74 Å². The van der Waals surface area contributed by atoms with Gasteiger partial charge in [0.2, 0.25) is 0 Å². The molecule has 110 valence electrons. The Labute approximate surface area is 129 Å². The second-order valence-electron chi connectivity index (χ2n) is 5.15.